The van der Waals surface area contributed by atoms with Gasteiger partial charge in [-0.1, -0.05) is 62.4 Å². The van der Waals surface area contributed by atoms with Crippen LogP contribution in [0, 0.1) is 5.82 Å². The monoisotopic (exact) mass is 391 g/mol. The molecule has 28 heavy (non-hydrogen) atoms. The van der Waals surface area contributed by atoms with Crippen molar-refractivity contribution in [3.8, 4) is 0 Å². The maximum Gasteiger partial charge on any atom is 0.272 e. The summed E-state index contributed by atoms with van der Waals surface area (Å²) in [5.41, 5.74) is 1.44. The van der Waals surface area contributed by atoms with Crippen molar-refractivity contribution in [2.45, 2.75) is 19.1 Å². The number of carbonyl (C=O) groups excluding carboxylic acids is 2. The van der Waals surface area contributed by atoms with Gasteiger partial charge in [0.25, 0.3) is 11.8 Å². The van der Waals surface area contributed by atoms with E-state index in [1.165, 1.54) is 28.8 Å². The van der Waals surface area contributed by atoms with Crippen molar-refractivity contribution >= 4 is 45.6 Å². The number of halogens is 1. The average Bonchev–Trinajstić information content (AvgIpc) is 2.91. The lowest BCUT2D eigenvalue weighted by Gasteiger charge is -2.18. The van der Waals surface area contributed by atoms with Crippen LogP contribution in [0.4, 0.5) is 10.1 Å². The van der Waals surface area contributed by atoms with Gasteiger partial charge in [-0.25, -0.2) is 9.29 Å². The number of nitrogens with zero attached hydrogens (tertiary/aromatic N) is 1. The lowest BCUT2D eigenvalue weighted by molar-refractivity contribution is -0.119. The van der Waals surface area contributed by atoms with Gasteiger partial charge in [-0.3, -0.25) is 9.59 Å². The predicted molar refractivity (Wildman–Crippen MR) is 112 cm³/mol. The fourth-order valence-corrected chi connectivity index (χ4v) is 4.33. The molecule has 0 unspecified atom stereocenters. The second kappa shape index (κ2) is 7.24. The zero-order chi connectivity index (χ0) is 19.8. The van der Waals surface area contributed by atoms with E-state index in [1.807, 2.05) is 50.2 Å². The van der Waals surface area contributed by atoms with Crippen molar-refractivity contribution in [3.05, 3.63) is 83.0 Å². The molecule has 2 amide bonds. The number of hydrogen-bond acceptors (Lipinski definition) is 3. The number of carbonyl (C=O) groups is 2. The van der Waals surface area contributed by atoms with Gasteiger partial charge in [-0.05, 0) is 29.1 Å². The molecule has 0 fully saturated rings. The summed E-state index contributed by atoms with van der Waals surface area (Å²) in [5, 5.41) is 1.91. The second-order valence-electron chi connectivity index (χ2n) is 6.82. The van der Waals surface area contributed by atoms with Crippen LogP contribution in [0.5, 0.6) is 0 Å². The highest BCUT2D eigenvalue weighted by Gasteiger charge is 2.41. The Morgan fingerprint density at radius 3 is 2.25 bits per heavy atom. The molecule has 0 saturated heterocycles. The van der Waals surface area contributed by atoms with Crippen molar-refractivity contribution < 1.29 is 14.0 Å². The van der Waals surface area contributed by atoms with E-state index in [0.717, 1.165) is 10.8 Å². The van der Waals surface area contributed by atoms with E-state index < -0.39 is 0 Å². The molecule has 0 aliphatic carbocycles. The molecule has 3 aromatic rings. The number of thioether (sulfide) groups is 1. The Kier molecular flexibility index (Phi) is 4.77. The highest BCUT2D eigenvalue weighted by atomic mass is 32.2. The molecule has 3 aromatic carbocycles. The van der Waals surface area contributed by atoms with Crippen LogP contribution in [-0.2, 0) is 9.59 Å². The van der Waals surface area contributed by atoms with Crippen LogP contribution >= 0.6 is 11.8 Å². The number of benzene rings is 3. The molecule has 0 bridgehead atoms. The average molecular weight is 391 g/mol. The summed E-state index contributed by atoms with van der Waals surface area (Å²) in [6.07, 6.45) is 0. The Morgan fingerprint density at radius 2 is 1.54 bits per heavy atom. The van der Waals surface area contributed by atoms with Crippen LogP contribution in [0.2, 0.25) is 0 Å². The highest BCUT2D eigenvalue weighted by Crippen LogP contribution is 2.41. The molecule has 5 heteroatoms. The molecule has 1 heterocycles. The first-order chi connectivity index (χ1) is 13.5. The molecule has 0 saturated carbocycles. The Bertz CT molecular complexity index is 1110. The smallest absolute Gasteiger partial charge is 0.268 e. The first-order valence-corrected chi connectivity index (χ1v) is 9.88. The molecule has 1 aliphatic heterocycles. The molecule has 4 rings (SSSR count). The van der Waals surface area contributed by atoms with Crippen molar-refractivity contribution in [2.24, 2.45) is 0 Å². The van der Waals surface area contributed by atoms with E-state index in [9.17, 15) is 14.0 Å². The number of fused-ring (bicyclic) bond motifs is 1. The van der Waals surface area contributed by atoms with E-state index in [1.54, 1.807) is 18.2 Å². The number of rotatable bonds is 4. The summed E-state index contributed by atoms with van der Waals surface area (Å²) in [5.74, 6) is -1.10. The van der Waals surface area contributed by atoms with Crippen molar-refractivity contribution in [3.63, 3.8) is 0 Å². The molecular formula is C23H18FNO2S. The lowest BCUT2D eigenvalue weighted by atomic mass is 10.1. The molecule has 0 aromatic heterocycles. The molecule has 0 N–H and O–H groups in total. The number of amides is 2. The van der Waals surface area contributed by atoms with Crippen molar-refractivity contribution in [1.82, 2.24) is 0 Å². The molecule has 140 valence electrons. The fourth-order valence-electron chi connectivity index (χ4n) is 3.35. The Labute approximate surface area is 166 Å². The first-order valence-electron chi connectivity index (χ1n) is 9.01. The molecule has 1 aliphatic rings. The van der Waals surface area contributed by atoms with Crippen molar-refractivity contribution in [1.29, 1.82) is 0 Å². The highest BCUT2D eigenvalue weighted by molar-refractivity contribution is 8.04. The van der Waals surface area contributed by atoms with Gasteiger partial charge in [0.15, 0.2) is 0 Å². The minimum absolute atomic E-state index is 0.120. The maximum atomic E-state index is 13.4. The topological polar surface area (TPSA) is 37.4 Å². The third kappa shape index (κ3) is 3.12. The van der Waals surface area contributed by atoms with E-state index >= 15 is 0 Å². The third-order valence-electron chi connectivity index (χ3n) is 4.54. The van der Waals surface area contributed by atoms with Crippen LogP contribution in [-0.4, -0.2) is 17.1 Å². The summed E-state index contributed by atoms with van der Waals surface area (Å²) >= 11 is 1.36. The first kappa shape index (κ1) is 18.4. The van der Waals surface area contributed by atoms with Gasteiger partial charge in [-0.15, -0.1) is 11.8 Å². The molecular weight excluding hydrogens is 373 g/mol. The van der Waals surface area contributed by atoms with Gasteiger partial charge >= 0.3 is 0 Å². The van der Waals surface area contributed by atoms with Gasteiger partial charge in [0.05, 0.1) is 16.2 Å². The summed E-state index contributed by atoms with van der Waals surface area (Å²) < 4.78 is 13.4. The lowest BCUT2D eigenvalue weighted by Crippen LogP contribution is -2.31. The molecule has 0 radical (unpaired) electrons. The van der Waals surface area contributed by atoms with Gasteiger partial charge < -0.3 is 0 Å². The van der Waals surface area contributed by atoms with Crippen LogP contribution in [0.25, 0.3) is 16.3 Å². The molecule has 0 atom stereocenters. The second-order valence-corrected chi connectivity index (χ2v) is 8.41. The summed E-state index contributed by atoms with van der Waals surface area (Å²) in [4.78, 5) is 28.3. The zero-order valence-electron chi connectivity index (χ0n) is 15.5. The quantitative estimate of drug-likeness (QED) is 0.559. The Morgan fingerprint density at radius 1 is 0.857 bits per heavy atom. The van der Waals surface area contributed by atoms with E-state index in [4.69, 9.17) is 0 Å². The van der Waals surface area contributed by atoms with Gasteiger partial charge in [0.2, 0.25) is 0 Å². The zero-order valence-corrected chi connectivity index (χ0v) is 16.3. The van der Waals surface area contributed by atoms with Gasteiger partial charge in [0, 0.05) is 10.6 Å². The van der Waals surface area contributed by atoms with Crippen LogP contribution in [0.3, 0.4) is 0 Å². The predicted octanol–water partition coefficient (Wildman–Crippen LogP) is 5.41. The summed E-state index contributed by atoms with van der Waals surface area (Å²) in [7, 11) is 0. The Balaban J connectivity index is 1.88. The van der Waals surface area contributed by atoms with Gasteiger partial charge in [0.1, 0.15) is 5.82 Å². The standard InChI is InChI=1S/C23H18FNO2S/c1-14(2)28-21-20(16-10-12-17(24)13-11-16)22(26)25(23(21)27)19-9-5-7-15-6-3-4-8-18(15)19/h3-14H,1-2H3. The molecule has 0 spiro atoms. The largest absolute Gasteiger partial charge is 0.272 e. The van der Waals surface area contributed by atoms with Crippen LogP contribution in [0.1, 0.15) is 19.4 Å². The number of hydrogen-bond donors (Lipinski definition) is 0. The van der Waals surface area contributed by atoms with Crippen LogP contribution < -0.4 is 4.90 Å². The number of anilines is 1. The van der Waals surface area contributed by atoms with E-state index in [0.29, 0.717) is 21.7 Å². The molecule has 3 nitrogen and oxygen atoms in total. The summed E-state index contributed by atoms with van der Waals surface area (Å²) in [6.45, 7) is 3.94. The summed E-state index contributed by atoms with van der Waals surface area (Å²) in [6, 6.07) is 18.9. The van der Waals surface area contributed by atoms with Gasteiger partial charge in [-0.2, -0.15) is 0 Å². The minimum atomic E-state index is -0.384. The number of imide groups is 1. The van der Waals surface area contributed by atoms with Crippen LogP contribution in [0.15, 0.2) is 71.6 Å². The normalized spacial score (nSPS) is 14.6. The Hall–Kier alpha value is -2.92. The fraction of sp³-hybridized carbons (Fsp3) is 0.130. The van der Waals surface area contributed by atoms with Crippen molar-refractivity contribution in [2.75, 3.05) is 4.90 Å². The maximum absolute atomic E-state index is 13.4. The third-order valence-corrected chi connectivity index (χ3v) is 5.62. The SMILES string of the molecule is CC(C)SC1=C(c2ccc(F)cc2)C(=O)N(c2cccc3ccccc23)C1=O. The van der Waals surface area contributed by atoms with E-state index in [2.05, 4.69) is 0 Å². The van der Waals surface area contributed by atoms with E-state index in [-0.39, 0.29) is 22.9 Å². The minimum Gasteiger partial charge on any atom is -0.268 e.